The summed E-state index contributed by atoms with van der Waals surface area (Å²) in [4.78, 5) is 32.8. The number of carbonyl (C=O) groups excluding carboxylic acids is 1. The van der Waals surface area contributed by atoms with E-state index in [0.717, 1.165) is 25.7 Å². The van der Waals surface area contributed by atoms with Crippen LogP contribution < -0.4 is 15.6 Å². The molecular formula is C13H18O5. The van der Waals surface area contributed by atoms with E-state index in [-0.39, 0.29) is 11.7 Å². The van der Waals surface area contributed by atoms with Crippen LogP contribution in [-0.2, 0) is 16.0 Å². The quantitative estimate of drug-likeness (QED) is 0.392. The van der Waals surface area contributed by atoms with Crippen molar-refractivity contribution >= 4 is 5.97 Å². The molecule has 0 atom stereocenters. The van der Waals surface area contributed by atoms with Gasteiger partial charge in [0.2, 0.25) is 5.43 Å². The number of esters is 1. The molecular weight excluding hydrogens is 236 g/mol. The molecule has 0 fully saturated rings. The molecule has 0 aromatic heterocycles. The second-order valence-corrected chi connectivity index (χ2v) is 4.17. The van der Waals surface area contributed by atoms with Crippen molar-refractivity contribution in [3.05, 3.63) is 26.0 Å². The molecule has 0 saturated heterocycles. The molecule has 0 amide bonds. The summed E-state index contributed by atoms with van der Waals surface area (Å²) in [5.41, 5.74) is -0.406. The van der Waals surface area contributed by atoms with Crippen LogP contribution in [0.5, 0.6) is 5.75 Å². The topological polar surface area (TPSA) is 69.7 Å². The van der Waals surface area contributed by atoms with Crippen molar-refractivity contribution in [2.24, 2.45) is 0 Å². The van der Waals surface area contributed by atoms with Crippen molar-refractivity contribution in [3.63, 3.8) is 0 Å². The lowest BCUT2D eigenvalue weighted by Gasteiger charge is -2.08. The Balaban J connectivity index is 2.15. The Hall–Kier alpha value is -1.65. The zero-order valence-electron chi connectivity index (χ0n) is 10.8. The second kappa shape index (κ2) is 6.93. The van der Waals surface area contributed by atoms with Crippen molar-refractivity contribution in [2.75, 3.05) is 13.7 Å². The van der Waals surface area contributed by atoms with Crippen LogP contribution in [0.15, 0.2) is 9.59 Å². The fourth-order valence-corrected chi connectivity index (χ4v) is 1.83. The predicted octanol–water partition coefficient (Wildman–Crippen LogP) is 0.957. The molecule has 18 heavy (non-hydrogen) atoms. The van der Waals surface area contributed by atoms with Crippen molar-refractivity contribution in [3.8, 4) is 5.75 Å². The second-order valence-electron chi connectivity index (χ2n) is 4.17. The molecule has 5 heteroatoms. The maximum absolute atomic E-state index is 11.2. The van der Waals surface area contributed by atoms with Gasteiger partial charge in [-0.05, 0) is 19.3 Å². The van der Waals surface area contributed by atoms with Gasteiger partial charge < -0.3 is 9.47 Å². The zero-order valence-corrected chi connectivity index (χ0v) is 10.8. The highest BCUT2D eigenvalue weighted by Crippen LogP contribution is 2.14. The molecule has 1 rings (SSSR count). The predicted molar refractivity (Wildman–Crippen MR) is 66.7 cm³/mol. The molecule has 1 aromatic rings. The number of rotatable bonds is 8. The van der Waals surface area contributed by atoms with Crippen LogP contribution in [0.2, 0.25) is 0 Å². The minimum Gasteiger partial charge on any atom is -0.492 e. The summed E-state index contributed by atoms with van der Waals surface area (Å²) >= 11 is 0. The molecule has 0 radical (unpaired) electrons. The smallest absolute Gasteiger partial charge is 0.302 e. The highest BCUT2D eigenvalue weighted by molar-refractivity contribution is 5.65. The van der Waals surface area contributed by atoms with Crippen molar-refractivity contribution < 1.29 is 14.3 Å². The maximum atomic E-state index is 11.2. The van der Waals surface area contributed by atoms with Crippen molar-refractivity contribution in [1.29, 1.82) is 0 Å². The number of hydrogen-bond donors (Lipinski definition) is 0. The van der Waals surface area contributed by atoms with Gasteiger partial charge in [0, 0.05) is 12.5 Å². The summed E-state index contributed by atoms with van der Waals surface area (Å²) in [6, 6.07) is 0. The van der Waals surface area contributed by atoms with Crippen LogP contribution in [-0.4, -0.2) is 19.7 Å². The molecule has 0 aliphatic heterocycles. The summed E-state index contributed by atoms with van der Waals surface area (Å²) in [5.74, 6) is -0.0385. The van der Waals surface area contributed by atoms with E-state index in [2.05, 4.69) is 0 Å². The molecule has 0 heterocycles. The lowest BCUT2D eigenvalue weighted by molar-refractivity contribution is -0.141. The third-order valence-corrected chi connectivity index (χ3v) is 2.79. The molecule has 0 N–H and O–H groups in total. The molecule has 100 valence electrons. The first-order valence-electron chi connectivity index (χ1n) is 6.07. The van der Waals surface area contributed by atoms with Crippen LogP contribution in [0, 0.1) is 0 Å². The Morgan fingerprint density at radius 1 is 1.06 bits per heavy atom. The van der Waals surface area contributed by atoms with E-state index in [4.69, 9.17) is 9.47 Å². The van der Waals surface area contributed by atoms with Crippen LogP contribution in [0.25, 0.3) is 0 Å². The van der Waals surface area contributed by atoms with Gasteiger partial charge in [-0.3, -0.25) is 14.4 Å². The number of unbranched alkanes of at least 4 members (excludes halogenated alkanes) is 3. The largest absolute Gasteiger partial charge is 0.492 e. The van der Waals surface area contributed by atoms with Crippen LogP contribution in [0.1, 0.15) is 38.2 Å². The Kier molecular flexibility index (Phi) is 5.55. The van der Waals surface area contributed by atoms with Crippen LogP contribution >= 0.6 is 0 Å². The fourth-order valence-electron chi connectivity index (χ4n) is 1.83. The summed E-state index contributed by atoms with van der Waals surface area (Å²) in [6.45, 7) is 1.83. The molecule has 0 bridgehead atoms. The monoisotopic (exact) mass is 254 g/mol. The summed E-state index contributed by atoms with van der Waals surface area (Å²) < 4.78 is 9.66. The van der Waals surface area contributed by atoms with E-state index in [1.54, 1.807) is 0 Å². The van der Waals surface area contributed by atoms with Crippen LogP contribution in [0.4, 0.5) is 0 Å². The normalized spacial score (nSPS) is 10.6. The Morgan fingerprint density at radius 3 is 2.33 bits per heavy atom. The molecule has 0 unspecified atom stereocenters. The summed E-state index contributed by atoms with van der Waals surface area (Å²) in [6.07, 6.45) is 4.11. The molecule has 0 aliphatic rings. The number of methoxy groups -OCH3 is 1. The minimum atomic E-state index is -0.512. The Labute approximate surface area is 105 Å². The molecule has 0 spiro atoms. The molecule has 0 aliphatic carbocycles. The van der Waals surface area contributed by atoms with Gasteiger partial charge in [0.05, 0.1) is 13.7 Å². The lowest BCUT2D eigenvalue weighted by Crippen LogP contribution is -2.36. The van der Waals surface area contributed by atoms with Crippen LogP contribution in [0.3, 0.4) is 0 Å². The van der Waals surface area contributed by atoms with Crippen molar-refractivity contribution in [1.82, 2.24) is 0 Å². The number of hydrogen-bond acceptors (Lipinski definition) is 5. The van der Waals surface area contributed by atoms with Gasteiger partial charge in [0.25, 0.3) is 5.43 Å². The maximum Gasteiger partial charge on any atom is 0.302 e. The first kappa shape index (κ1) is 14.4. The highest BCUT2D eigenvalue weighted by atomic mass is 16.5. The third kappa shape index (κ3) is 3.68. The SMILES string of the molecule is COc1c(CCCCCCOC(C)=O)c(=O)c1=O. The minimum absolute atomic E-state index is 0.222. The van der Waals surface area contributed by atoms with Gasteiger partial charge >= 0.3 is 5.97 Å². The molecule has 5 nitrogen and oxygen atoms in total. The van der Waals surface area contributed by atoms with E-state index in [9.17, 15) is 14.4 Å². The standard InChI is InChI=1S/C13H18O5/c1-9(14)18-8-6-4-3-5-7-10-11(15)12(16)13(10)17-2/h3-8H2,1-2H3. The molecule has 1 aromatic carbocycles. The zero-order chi connectivity index (χ0) is 13.5. The fraction of sp³-hybridized carbons (Fsp3) is 0.615. The average molecular weight is 254 g/mol. The van der Waals surface area contributed by atoms with Gasteiger partial charge in [-0.15, -0.1) is 0 Å². The van der Waals surface area contributed by atoms with Gasteiger partial charge in [-0.25, -0.2) is 0 Å². The Bertz CT molecular complexity index is 468. The van der Waals surface area contributed by atoms with Gasteiger partial charge in [0.15, 0.2) is 5.75 Å². The van der Waals surface area contributed by atoms with Gasteiger partial charge in [-0.2, -0.15) is 0 Å². The first-order chi connectivity index (χ1) is 8.57. The molecule has 0 saturated carbocycles. The van der Waals surface area contributed by atoms with E-state index in [0.29, 0.717) is 18.6 Å². The Morgan fingerprint density at radius 2 is 1.72 bits per heavy atom. The third-order valence-electron chi connectivity index (χ3n) is 2.79. The van der Waals surface area contributed by atoms with E-state index in [1.165, 1.54) is 14.0 Å². The van der Waals surface area contributed by atoms with Gasteiger partial charge in [0.1, 0.15) is 0 Å². The lowest BCUT2D eigenvalue weighted by atomic mass is 10.0. The average Bonchev–Trinajstić information content (AvgIpc) is 2.35. The number of carbonyl (C=O) groups is 1. The van der Waals surface area contributed by atoms with E-state index in [1.807, 2.05) is 0 Å². The number of ether oxygens (including phenoxy) is 2. The summed E-state index contributed by atoms with van der Waals surface area (Å²) in [7, 11) is 1.40. The first-order valence-corrected chi connectivity index (χ1v) is 6.07. The van der Waals surface area contributed by atoms with Crippen molar-refractivity contribution in [2.45, 2.75) is 39.0 Å². The highest BCUT2D eigenvalue weighted by Gasteiger charge is 2.20. The summed E-state index contributed by atoms with van der Waals surface area (Å²) in [5, 5.41) is 0. The van der Waals surface area contributed by atoms with Gasteiger partial charge in [-0.1, -0.05) is 12.8 Å². The van der Waals surface area contributed by atoms with E-state index >= 15 is 0 Å². The van der Waals surface area contributed by atoms with E-state index < -0.39 is 10.9 Å².